The number of H-pyrrole nitrogens is 1. The second-order valence-electron chi connectivity index (χ2n) is 5.87. The van der Waals surface area contributed by atoms with Crippen molar-refractivity contribution in [3.63, 3.8) is 0 Å². The van der Waals surface area contributed by atoms with Gasteiger partial charge in [-0.1, -0.05) is 15.9 Å². The fourth-order valence-electron chi connectivity index (χ4n) is 2.54. The summed E-state index contributed by atoms with van der Waals surface area (Å²) in [5, 5.41) is 10.1. The van der Waals surface area contributed by atoms with Gasteiger partial charge >= 0.3 is 19.3 Å². The molecule has 1 aromatic rings. The zero-order valence-electron chi connectivity index (χ0n) is 14.8. The van der Waals surface area contributed by atoms with E-state index in [2.05, 4.69) is 25.7 Å². The molecule has 1 aliphatic rings. The zero-order chi connectivity index (χ0) is 20.9. The largest absolute Gasteiger partial charge is 0.466 e. The van der Waals surface area contributed by atoms with Gasteiger partial charge in [-0.05, 0) is 18.0 Å². The summed E-state index contributed by atoms with van der Waals surface area (Å²) in [6.45, 7) is 1.14. The quantitative estimate of drug-likeness (QED) is 0.350. The Morgan fingerprint density at radius 3 is 2.89 bits per heavy atom. The molecule has 3 N–H and O–H groups in total. The number of carbonyl (C=O) groups is 1. The summed E-state index contributed by atoms with van der Waals surface area (Å²) >= 11 is 3.04. The van der Waals surface area contributed by atoms with E-state index in [1.54, 1.807) is 6.92 Å². The molecule has 4 atom stereocenters. The monoisotopic (exact) mass is 482 g/mol. The lowest BCUT2D eigenvalue weighted by atomic mass is 10.2. The molecule has 0 radical (unpaired) electrons. The second kappa shape index (κ2) is 9.77. The van der Waals surface area contributed by atoms with Gasteiger partial charge in [-0.2, -0.15) is 0 Å². The zero-order valence-corrected chi connectivity index (χ0v) is 17.3. The Bertz CT molecular complexity index is 896. The highest BCUT2D eigenvalue weighted by Gasteiger charge is 2.37. The van der Waals surface area contributed by atoms with Crippen LogP contribution in [0.25, 0.3) is 6.08 Å². The van der Waals surface area contributed by atoms with Crippen molar-refractivity contribution in [1.29, 1.82) is 0 Å². The van der Waals surface area contributed by atoms with E-state index in [9.17, 15) is 28.9 Å². The van der Waals surface area contributed by atoms with Crippen molar-refractivity contribution < 1.29 is 33.4 Å². The molecule has 156 valence electrons. The van der Waals surface area contributed by atoms with Gasteiger partial charge in [-0.25, -0.2) is 4.79 Å². The van der Waals surface area contributed by atoms with Crippen molar-refractivity contribution in [3.8, 4) is 0 Å². The van der Waals surface area contributed by atoms with Crippen LogP contribution in [-0.4, -0.2) is 57.1 Å². The van der Waals surface area contributed by atoms with Gasteiger partial charge in [-0.15, -0.1) is 0 Å². The van der Waals surface area contributed by atoms with Gasteiger partial charge in [0.15, 0.2) is 0 Å². The molecule has 1 saturated heterocycles. The summed E-state index contributed by atoms with van der Waals surface area (Å²) in [6, 6.07) is 0. The number of aromatic amines is 1. The number of ether oxygens (including phenoxy) is 2. The van der Waals surface area contributed by atoms with Crippen LogP contribution in [0.4, 0.5) is 0 Å². The molecule has 0 aromatic carbocycles. The van der Waals surface area contributed by atoms with Gasteiger partial charge < -0.3 is 24.0 Å². The molecule has 2 rings (SSSR count). The Hall–Kier alpha value is -1.56. The number of aliphatic hydroxyl groups is 1. The topological polar surface area (TPSA) is 157 Å². The Morgan fingerprint density at radius 1 is 1.54 bits per heavy atom. The number of nitrogens with one attached hydrogen (secondary N) is 1. The van der Waals surface area contributed by atoms with Crippen LogP contribution in [0.15, 0.2) is 20.8 Å². The van der Waals surface area contributed by atoms with Crippen LogP contribution in [0, 0.1) is 0 Å². The van der Waals surface area contributed by atoms with Crippen LogP contribution in [-0.2, 0) is 23.4 Å². The first-order valence-corrected chi connectivity index (χ1v) is 10.9. The van der Waals surface area contributed by atoms with Crippen molar-refractivity contribution in [3.05, 3.63) is 37.6 Å². The fraction of sp³-hybridized carbons (Fsp3) is 0.533. The van der Waals surface area contributed by atoms with Gasteiger partial charge in [0.25, 0.3) is 5.56 Å². The van der Waals surface area contributed by atoms with Gasteiger partial charge in [0, 0.05) is 12.6 Å². The summed E-state index contributed by atoms with van der Waals surface area (Å²) in [4.78, 5) is 48.4. The van der Waals surface area contributed by atoms with Gasteiger partial charge in [0.2, 0.25) is 0 Å². The summed E-state index contributed by atoms with van der Waals surface area (Å²) < 4.78 is 28.0. The molecule has 1 unspecified atom stereocenters. The minimum absolute atomic E-state index is 0.00888. The number of halogens is 1. The van der Waals surface area contributed by atoms with Gasteiger partial charge in [-0.3, -0.25) is 23.7 Å². The highest BCUT2D eigenvalue weighted by atomic mass is 79.9. The van der Waals surface area contributed by atoms with Crippen LogP contribution in [0.3, 0.4) is 0 Å². The number of aliphatic hydroxyl groups excluding tert-OH is 1. The van der Waals surface area contributed by atoms with E-state index in [-0.39, 0.29) is 18.6 Å². The fourth-order valence-corrected chi connectivity index (χ4v) is 3.72. The van der Waals surface area contributed by atoms with Crippen LogP contribution < -0.4 is 11.2 Å². The molecule has 1 fully saturated rings. The number of rotatable bonds is 8. The second-order valence-corrected chi connectivity index (χ2v) is 8.25. The lowest BCUT2D eigenvalue weighted by Crippen LogP contribution is -2.33. The molecule has 0 aliphatic carbocycles. The van der Waals surface area contributed by atoms with Gasteiger partial charge in [0.05, 0.1) is 24.9 Å². The number of hydrogen-bond donors (Lipinski definition) is 3. The minimum Gasteiger partial charge on any atom is -0.466 e. The molecule has 1 aliphatic heterocycles. The summed E-state index contributed by atoms with van der Waals surface area (Å²) in [7, 11) is -4.28. The Balaban J connectivity index is 2.06. The van der Waals surface area contributed by atoms with Crippen LogP contribution in [0.5, 0.6) is 0 Å². The molecular weight excluding hydrogens is 463 g/mol. The molecule has 13 heteroatoms. The molecule has 0 saturated carbocycles. The predicted molar refractivity (Wildman–Crippen MR) is 101 cm³/mol. The van der Waals surface area contributed by atoms with E-state index >= 15 is 0 Å². The lowest BCUT2D eigenvalue weighted by Gasteiger charge is -2.18. The molecule has 28 heavy (non-hydrogen) atoms. The molecule has 11 nitrogen and oxygen atoms in total. The van der Waals surface area contributed by atoms with Crippen molar-refractivity contribution in [1.82, 2.24) is 9.55 Å². The summed E-state index contributed by atoms with van der Waals surface area (Å²) in [6.07, 6.45) is -1.16. The van der Waals surface area contributed by atoms with Crippen LogP contribution in [0.1, 0.15) is 25.1 Å². The van der Waals surface area contributed by atoms with E-state index in [1.165, 1.54) is 17.3 Å². The first-order valence-electron chi connectivity index (χ1n) is 8.24. The first-order chi connectivity index (χ1) is 13.2. The van der Waals surface area contributed by atoms with E-state index in [0.29, 0.717) is 0 Å². The average molecular weight is 483 g/mol. The van der Waals surface area contributed by atoms with Crippen LogP contribution >= 0.6 is 23.5 Å². The smallest absolute Gasteiger partial charge is 0.339 e. The molecule has 0 amide bonds. The molecule has 0 spiro atoms. The SMILES string of the molecule is CCOC(=O)CP(=O)(O)OC[C@H]1O[C@@H](n2cc(/C=C/Br)c(=O)[nH]c2=O)C[C@@H]1O. The highest BCUT2D eigenvalue weighted by molar-refractivity contribution is 9.11. The van der Waals surface area contributed by atoms with E-state index in [4.69, 9.17) is 9.26 Å². The molecule has 2 heterocycles. The Kier molecular flexibility index (Phi) is 7.93. The maximum atomic E-state index is 12.0. The molecule has 1 aromatic heterocycles. The lowest BCUT2D eigenvalue weighted by molar-refractivity contribution is -0.140. The van der Waals surface area contributed by atoms with Gasteiger partial charge in [0.1, 0.15) is 18.5 Å². The maximum Gasteiger partial charge on any atom is 0.339 e. The van der Waals surface area contributed by atoms with Crippen LogP contribution in [0.2, 0.25) is 0 Å². The maximum absolute atomic E-state index is 12.0. The number of nitrogens with zero attached hydrogens (tertiary/aromatic N) is 1. The predicted octanol–water partition coefficient (Wildman–Crippen LogP) is 0.316. The highest BCUT2D eigenvalue weighted by Crippen LogP contribution is 2.43. The summed E-state index contributed by atoms with van der Waals surface area (Å²) in [5.74, 6) is -0.883. The van der Waals surface area contributed by atoms with E-state index in [0.717, 1.165) is 4.57 Å². The Morgan fingerprint density at radius 2 is 2.25 bits per heavy atom. The van der Waals surface area contributed by atoms with Crippen molar-refractivity contribution >= 4 is 35.6 Å². The van der Waals surface area contributed by atoms with E-state index in [1.807, 2.05) is 0 Å². The van der Waals surface area contributed by atoms with E-state index < -0.39 is 56.0 Å². The third-order valence-corrected chi connectivity index (χ3v) is 5.30. The number of aromatic nitrogens is 2. The standard InChI is InChI=1S/C15H20BrN2O9P/c1-2-25-13(20)8-28(23,24)26-7-11-10(19)5-12(27-11)18-6-9(3-4-16)14(21)17-15(18)22/h3-4,6,10-12,19H,2,5,7-8H2,1H3,(H,23,24)(H,17,21,22)/b4-3+/t10-,11+,12+/m0/s1. The molecule has 0 bridgehead atoms. The summed E-state index contributed by atoms with van der Waals surface area (Å²) in [5.41, 5.74) is -1.13. The third-order valence-electron chi connectivity index (χ3n) is 3.83. The van der Waals surface area contributed by atoms with Crippen molar-refractivity contribution in [2.24, 2.45) is 0 Å². The first kappa shape index (κ1) is 22.7. The number of carbonyl (C=O) groups excluding carboxylic acids is 1. The average Bonchev–Trinajstić information content (AvgIpc) is 2.96. The number of hydrogen-bond acceptors (Lipinski definition) is 8. The van der Waals surface area contributed by atoms with Crippen molar-refractivity contribution in [2.75, 3.05) is 19.4 Å². The normalized spacial score (nSPS) is 24.4. The number of esters is 1. The third kappa shape index (κ3) is 5.97. The molecular formula is C15H20BrN2O9P. The minimum atomic E-state index is -4.28. The van der Waals surface area contributed by atoms with Crippen molar-refractivity contribution in [2.45, 2.75) is 31.8 Å². The Labute approximate surface area is 167 Å².